The number of halogens is 1. The first-order chi connectivity index (χ1) is 11.7. The Morgan fingerprint density at radius 3 is 2.71 bits per heavy atom. The molecule has 122 valence electrons. The molecular weight excluding hydrogens is 368 g/mol. The van der Waals surface area contributed by atoms with Crippen molar-refractivity contribution in [2.24, 2.45) is 0 Å². The molecule has 1 aromatic carbocycles. The van der Waals surface area contributed by atoms with Crippen LogP contribution in [0.4, 0.5) is 5.69 Å². The molecule has 3 aromatic rings. The SMILES string of the molecule is CCNC(=O)c1ccc(CNc2ccnc3cc(Br)cnc23)cc1. The van der Waals surface area contributed by atoms with Crippen molar-refractivity contribution >= 4 is 38.6 Å². The molecule has 3 rings (SSSR count). The summed E-state index contributed by atoms with van der Waals surface area (Å²) >= 11 is 3.41. The summed E-state index contributed by atoms with van der Waals surface area (Å²) in [7, 11) is 0. The van der Waals surface area contributed by atoms with E-state index in [1.807, 2.05) is 43.3 Å². The number of carbonyl (C=O) groups is 1. The number of nitrogens with one attached hydrogen (secondary N) is 2. The Morgan fingerprint density at radius 1 is 1.17 bits per heavy atom. The van der Waals surface area contributed by atoms with E-state index in [4.69, 9.17) is 0 Å². The van der Waals surface area contributed by atoms with Crippen molar-refractivity contribution in [3.63, 3.8) is 0 Å². The normalized spacial score (nSPS) is 10.6. The summed E-state index contributed by atoms with van der Waals surface area (Å²) in [6, 6.07) is 11.4. The van der Waals surface area contributed by atoms with Gasteiger partial charge in [-0.1, -0.05) is 12.1 Å². The first kappa shape index (κ1) is 16.4. The lowest BCUT2D eigenvalue weighted by Crippen LogP contribution is -2.22. The van der Waals surface area contributed by atoms with Crippen molar-refractivity contribution in [3.05, 3.63) is 64.4 Å². The number of hydrogen-bond donors (Lipinski definition) is 2. The Hall–Kier alpha value is -2.47. The molecule has 0 aliphatic carbocycles. The van der Waals surface area contributed by atoms with E-state index in [1.165, 1.54) is 0 Å². The Balaban J connectivity index is 1.73. The van der Waals surface area contributed by atoms with Crippen LogP contribution in [0.15, 0.2) is 53.3 Å². The van der Waals surface area contributed by atoms with Gasteiger partial charge in [-0.3, -0.25) is 14.8 Å². The molecule has 5 nitrogen and oxygen atoms in total. The lowest BCUT2D eigenvalue weighted by Gasteiger charge is -2.09. The number of carbonyl (C=O) groups excluding carboxylic acids is 1. The molecule has 0 unspecified atom stereocenters. The lowest BCUT2D eigenvalue weighted by molar-refractivity contribution is 0.0956. The van der Waals surface area contributed by atoms with Crippen LogP contribution in [0.3, 0.4) is 0 Å². The van der Waals surface area contributed by atoms with Crippen LogP contribution >= 0.6 is 15.9 Å². The second kappa shape index (κ2) is 7.40. The number of anilines is 1. The van der Waals surface area contributed by atoms with Crippen LogP contribution in [0.2, 0.25) is 0 Å². The number of rotatable bonds is 5. The molecule has 0 bridgehead atoms. The fourth-order valence-electron chi connectivity index (χ4n) is 2.38. The molecule has 6 heteroatoms. The van der Waals surface area contributed by atoms with Crippen molar-refractivity contribution in [2.75, 3.05) is 11.9 Å². The molecule has 0 spiro atoms. The van der Waals surface area contributed by atoms with E-state index < -0.39 is 0 Å². The zero-order valence-electron chi connectivity index (χ0n) is 13.2. The smallest absolute Gasteiger partial charge is 0.251 e. The van der Waals surface area contributed by atoms with Gasteiger partial charge in [0.15, 0.2) is 0 Å². The molecule has 0 atom stereocenters. The molecule has 24 heavy (non-hydrogen) atoms. The van der Waals surface area contributed by atoms with Gasteiger partial charge in [0, 0.05) is 35.5 Å². The monoisotopic (exact) mass is 384 g/mol. The van der Waals surface area contributed by atoms with E-state index in [2.05, 4.69) is 36.5 Å². The maximum atomic E-state index is 11.8. The van der Waals surface area contributed by atoms with Gasteiger partial charge in [0.2, 0.25) is 0 Å². The Kier molecular flexibility index (Phi) is 5.05. The van der Waals surface area contributed by atoms with Crippen LogP contribution in [0, 0.1) is 0 Å². The van der Waals surface area contributed by atoms with E-state index in [0.29, 0.717) is 18.7 Å². The number of nitrogens with zero attached hydrogens (tertiary/aromatic N) is 2. The number of fused-ring (bicyclic) bond motifs is 1. The van der Waals surface area contributed by atoms with Crippen molar-refractivity contribution in [3.8, 4) is 0 Å². The second-order valence-corrected chi connectivity index (χ2v) is 6.21. The fourth-order valence-corrected chi connectivity index (χ4v) is 2.70. The number of pyridine rings is 2. The predicted molar refractivity (Wildman–Crippen MR) is 99.0 cm³/mol. The summed E-state index contributed by atoms with van der Waals surface area (Å²) in [5.74, 6) is -0.0492. The maximum absolute atomic E-state index is 11.8. The van der Waals surface area contributed by atoms with Crippen LogP contribution in [0.1, 0.15) is 22.8 Å². The van der Waals surface area contributed by atoms with Gasteiger partial charge in [0.1, 0.15) is 5.52 Å². The van der Waals surface area contributed by atoms with Crippen molar-refractivity contribution in [1.82, 2.24) is 15.3 Å². The zero-order valence-corrected chi connectivity index (χ0v) is 14.8. The molecule has 2 N–H and O–H groups in total. The predicted octanol–water partition coefficient (Wildman–Crippen LogP) is 3.75. The summed E-state index contributed by atoms with van der Waals surface area (Å²) in [6.45, 7) is 3.18. The molecule has 1 amide bonds. The zero-order chi connectivity index (χ0) is 16.9. The molecule has 2 aromatic heterocycles. The summed E-state index contributed by atoms with van der Waals surface area (Å²) in [6.07, 6.45) is 3.52. The van der Waals surface area contributed by atoms with E-state index in [-0.39, 0.29) is 5.91 Å². The number of hydrogen-bond acceptors (Lipinski definition) is 4. The standard InChI is InChI=1S/C18H17BrN4O/c1-2-20-18(24)13-5-3-12(4-6-13)10-22-15-7-8-21-16-9-14(19)11-23-17(15)16/h3-9,11H,2,10H2,1H3,(H,20,24)(H,21,22). The van der Waals surface area contributed by atoms with Crippen molar-refractivity contribution < 1.29 is 4.79 Å². The quantitative estimate of drug-likeness (QED) is 0.702. The highest BCUT2D eigenvalue weighted by Crippen LogP contribution is 2.22. The molecule has 2 heterocycles. The molecule has 0 aliphatic heterocycles. The second-order valence-electron chi connectivity index (χ2n) is 5.29. The van der Waals surface area contributed by atoms with Crippen LogP contribution in [0.5, 0.6) is 0 Å². The Labute approximate surface area is 148 Å². The third-order valence-electron chi connectivity index (χ3n) is 3.58. The third kappa shape index (κ3) is 3.71. The molecule has 0 fully saturated rings. The average molecular weight is 385 g/mol. The molecular formula is C18H17BrN4O. The van der Waals surface area contributed by atoms with Crippen LogP contribution < -0.4 is 10.6 Å². The van der Waals surface area contributed by atoms with E-state index in [9.17, 15) is 4.79 Å². The van der Waals surface area contributed by atoms with Crippen LogP contribution in [-0.4, -0.2) is 22.4 Å². The topological polar surface area (TPSA) is 66.9 Å². The maximum Gasteiger partial charge on any atom is 0.251 e. The Bertz CT molecular complexity index is 865. The van der Waals surface area contributed by atoms with E-state index >= 15 is 0 Å². The van der Waals surface area contributed by atoms with Gasteiger partial charge in [-0.2, -0.15) is 0 Å². The van der Waals surface area contributed by atoms with Gasteiger partial charge in [-0.25, -0.2) is 0 Å². The first-order valence-electron chi connectivity index (χ1n) is 7.68. The largest absolute Gasteiger partial charge is 0.379 e. The van der Waals surface area contributed by atoms with Gasteiger partial charge in [-0.05, 0) is 52.7 Å². The summed E-state index contributed by atoms with van der Waals surface area (Å²) < 4.78 is 0.903. The summed E-state index contributed by atoms with van der Waals surface area (Å²) in [5.41, 5.74) is 4.35. The van der Waals surface area contributed by atoms with Gasteiger partial charge in [0.05, 0.1) is 11.2 Å². The molecule has 0 saturated carbocycles. The van der Waals surface area contributed by atoms with E-state index in [1.54, 1.807) is 12.4 Å². The van der Waals surface area contributed by atoms with Crippen LogP contribution in [-0.2, 0) is 6.54 Å². The highest BCUT2D eigenvalue weighted by molar-refractivity contribution is 9.10. The third-order valence-corrected chi connectivity index (χ3v) is 4.01. The lowest BCUT2D eigenvalue weighted by atomic mass is 10.1. The minimum absolute atomic E-state index is 0.0492. The average Bonchev–Trinajstić information content (AvgIpc) is 2.60. The number of benzene rings is 1. The van der Waals surface area contributed by atoms with Gasteiger partial charge in [0.25, 0.3) is 5.91 Å². The summed E-state index contributed by atoms with van der Waals surface area (Å²) in [5, 5.41) is 6.17. The minimum atomic E-state index is -0.0492. The number of aromatic nitrogens is 2. The highest BCUT2D eigenvalue weighted by atomic mass is 79.9. The molecule has 0 aliphatic rings. The number of amides is 1. The van der Waals surface area contributed by atoms with Gasteiger partial charge >= 0.3 is 0 Å². The van der Waals surface area contributed by atoms with Crippen molar-refractivity contribution in [1.29, 1.82) is 0 Å². The summed E-state index contributed by atoms with van der Waals surface area (Å²) in [4.78, 5) is 20.5. The highest BCUT2D eigenvalue weighted by Gasteiger charge is 2.06. The van der Waals surface area contributed by atoms with Gasteiger partial charge in [-0.15, -0.1) is 0 Å². The minimum Gasteiger partial charge on any atom is -0.379 e. The van der Waals surface area contributed by atoms with E-state index in [0.717, 1.165) is 26.8 Å². The molecule has 0 saturated heterocycles. The fraction of sp³-hybridized carbons (Fsp3) is 0.167. The first-order valence-corrected chi connectivity index (χ1v) is 8.48. The van der Waals surface area contributed by atoms with Crippen molar-refractivity contribution in [2.45, 2.75) is 13.5 Å². The van der Waals surface area contributed by atoms with Crippen LogP contribution in [0.25, 0.3) is 11.0 Å². The Morgan fingerprint density at radius 2 is 1.96 bits per heavy atom. The van der Waals surface area contributed by atoms with Gasteiger partial charge < -0.3 is 10.6 Å². The molecule has 0 radical (unpaired) electrons.